The lowest BCUT2D eigenvalue weighted by atomic mass is 9.85. The molecule has 5 rings (SSSR count). The van der Waals surface area contributed by atoms with E-state index in [4.69, 9.17) is 5.73 Å². The van der Waals surface area contributed by atoms with E-state index in [1.54, 1.807) is 34.6 Å². The van der Waals surface area contributed by atoms with Gasteiger partial charge in [-0.25, -0.2) is 31.3 Å². The van der Waals surface area contributed by atoms with Crippen LogP contribution in [0.2, 0.25) is 0 Å². The van der Waals surface area contributed by atoms with E-state index in [2.05, 4.69) is 9.97 Å². The highest BCUT2D eigenvalue weighted by atomic mass is 32.2. The number of hydrogen-bond donors (Lipinski definition) is 1. The van der Waals surface area contributed by atoms with E-state index < -0.39 is 26.6 Å². The van der Waals surface area contributed by atoms with Gasteiger partial charge < -0.3 is 5.73 Å². The standard InChI is InChI=1S/C21H19FN4O3S2/c22-18-7-14(5-6-16(18)15-8-24-20(23)25-9-15)17-3-1-2-4-19(17)30(27)26-10-21(11-26)12-31(28,29)13-21/h1-9H,10-13H2,(H2,23,24,25). The van der Waals surface area contributed by atoms with Crippen molar-refractivity contribution >= 4 is 26.8 Å². The van der Waals surface area contributed by atoms with E-state index in [9.17, 15) is 17.0 Å². The molecule has 0 radical (unpaired) electrons. The molecule has 2 fully saturated rings. The van der Waals surface area contributed by atoms with E-state index in [1.165, 1.54) is 18.5 Å². The summed E-state index contributed by atoms with van der Waals surface area (Å²) in [5, 5.41) is 0. The number of nitrogen functional groups attached to an aromatic ring is 1. The third-order valence-corrected chi connectivity index (χ3v) is 9.21. The van der Waals surface area contributed by atoms with Gasteiger partial charge in [0.15, 0.2) is 9.84 Å². The molecule has 2 aliphatic heterocycles. The number of sulfone groups is 1. The van der Waals surface area contributed by atoms with Crippen molar-refractivity contribution in [3.05, 3.63) is 60.7 Å². The number of nitrogens with two attached hydrogens (primary N) is 1. The Morgan fingerprint density at radius 1 is 1.00 bits per heavy atom. The van der Waals surface area contributed by atoms with Gasteiger partial charge in [-0.15, -0.1) is 0 Å². The Bertz CT molecular complexity index is 1290. The molecule has 2 aliphatic rings. The van der Waals surface area contributed by atoms with E-state index in [0.29, 0.717) is 40.2 Å². The predicted molar refractivity (Wildman–Crippen MR) is 116 cm³/mol. The van der Waals surface area contributed by atoms with E-state index in [1.807, 2.05) is 6.07 Å². The topological polar surface area (TPSA) is 106 Å². The summed E-state index contributed by atoms with van der Waals surface area (Å²) < 4.78 is 52.9. The molecule has 2 saturated heterocycles. The van der Waals surface area contributed by atoms with Crippen molar-refractivity contribution in [2.45, 2.75) is 4.90 Å². The second-order valence-corrected chi connectivity index (χ2v) is 11.6. The Balaban J connectivity index is 1.41. The molecule has 0 amide bonds. The lowest BCUT2D eigenvalue weighted by Gasteiger charge is -2.53. The molecule has 0 aliphatic carbocycles. The quantitative estimate of drug-likeness (QED) is 0.643. The highest BCUT2D eigenvalue weighted by Gasteiger charge is 2.57. The minimum absolute atomic E-state index is 0.115. The molecule has 7 nitrogen and oxygen atoms in total. The minimum atomic E-state index is -2.93. The fraction of sp³-hybridized carbons (Fsp3) is 0.238. The summed E-state index contributed by atoms with van der Waals surface area (Å²) in [4.78, 5) is 8.37. The maximum Gasteiger partial charge on any atom is 0.219 e. The maximum absolute atomic E-state index is 14.9. The van der Waals surface area contributed by atoms with Crippen LogP contribution in [0.1, 0.15) is 0 Å². The second-order valence-electron chi connectivity index (χ2n) is 8.10. The van der Waals surface area contributed by atoms with Gasteiger partial charge in [0, 0.05) is 42.0 Å². The highest BCUT2D eigenvalue weighted by Crippen LogP contribution is 2.43. The van der Waals surface area contributed by atoms with Gasteiger partial charge in [0.25, 0.3) is 0 Å². The molecule has 1 aromatic heterocycles. The molecule has 1 atom stereocenters. The lowest BCUT2D eigenvalue weighted by molar-refractivity contribution is 0.107. The van der Waals surface area contributed by atoms with Crippen LogP contribution >= 0.6 is 0 Å². The number of anilines is 1. The van der Waals surface area contributed by atoms with Crippen LogP contribution in [0.25, 0.3) is 22.3 Å². The lowest BCUT2D eigenvalue weighted by Crippen LogP contribution is -2.68. The largest absolute Gasteiger partial charge is 0.368 e. The van der Waals surface area contributed by atoms with Crippen molar-refractivity contribution in [1.82, 2.24) is 14.3 Å². The Labute approximate surface area is 181 Å². The van der Waals surface area contributed by atoms with Gasteiger partial charge in [-0.2, -0.15) is 0 Å². The zero-order valence-corrected chi connectivity index (χ0v) is 18.0. The SMILES string of the molecule is Nc1ncc(-c2ccc(-c3ccccc3S(=O)N3CC4(C3)CS(=O)(=O)C4)cc2F)cn1. The van der Waals surface area contributed by atoms with E-state index in [0.717, 1.165) is 0 Å². The molecule has 0 bridgehead atoms. The summed E-state index contributed by atoms with van der Waals surface area (Å²) >= 11 is 0. The van der Waals surface area contributed by atoms with Crippen LogP contribution in [0.15, 0.2) is 59.8 Å². The van der Waals surface area contributed by atoms with Crippen LogP contribution < -0.4 is 5.73 Å². The summed E-state index contributed by atoms with van der Waals surface area (Å²) in [7, 11) is -4.39. The maximum atomic E-state index is 14.9. The molecule has 31 heavy (non-hydrogen) atoms. The number of aromatic nitrogens is 2. The average molecular weight is 459 g/mol. The Kier molecular flexibility index (Phi) is 4.68. The minimum Gasteiger partial charge on any atom is -0.368 e. The number of benzene rings is 2. The molecule has 1 spiro atoms. The molecule has 160 valence electrons. The summed E-state index contributed by atoms with van der Waals surface area (Å²) in [5.41, 5.74) is 7.37. The van der Waals surface area contributed by atoms with Crippen molar-refractivity contribution in [3.8, 4) is 22.3 Å². The fourth-order valence-electron chi connectivity index (χ4n) is 4.28. The molecule has 2 N–H and O–H groups in total. The highest BCUT2D eigenvalue weighted by molar-refractivity contribution is 7.92. The molecule has 3 aromatic rings. The van der Waals surface area contributed by atoms with Gasteiger partial charge in [0.05, 0.1) is 16.4 Å². The first kappa shape index (κ1) is 20.2. The summed E-state index contributed by atoms with van der Waals surface area (Å²) in [6.07, 6.45) is 2.92. The number of nitrogens with zero attached hydrogens (tertiary/aromatic N) is 3. The van der Waals surface area contributed by atoms with Gasteiger partial charge in [-0.1, -0.05) is 30.3 Å². The summed E-state index contributed by atoms with van der Waals surface area (Å²) in [6.45, 7) is 0.967. The number of halogens is 1. The van der Waals surface area contributed by atoms with E-state index >= 15 is 0 Å². The third kappa shape index (κ3) is 3.64. The third-order valence-electron chi connectivity index (χ3n) is 5.65. The van der Waals surface area contributed by atoms with Gasteiger partial charge in [-0.3, -0.25) is 0 Å². The van der Waals surface area contributed by atoms with Crippen LogP contribution in [-0.2, 0) is 20.8 Å². The van der Waals surface area contributed by atoms with Crippen molar-refractivity contribution in [2.75, 3.05) is 30.3 Å². The Hall–Kier alpha value is -2.69. The second kappa shape index (κ2) is 7.18. The molecular formula is C21H19FN4O3S2. The number of hydrogen-bond acceptors (Lipinski definition) is 6. The molecular weight excluding hydrogens is 439 g/mol. The van der Waals surface area contributed by atoms with Gasteiger partial charge in [0.1, 0.15) is 16.8 Å². The summed E-state index contributed by atoms with van der Waals surface area (Å²) in [6, 6.07) is 12.0. The zero-order chi connectivity index (χ0) is 21.8. The first-order valence-electron chi connectivity index (χ1n) is 9.59. The van der Waals surface area contributed by atoms with Crippen LogP contribution in [0, 0.1) is 11.2 Å². The molecule has 3 heterocycles. The Morgan fingerprint density at radius 3 is 2.32 bits per heavy atom. The van der Waals surface area contributed by atoms with Crippen LogP contribution in [0.4, 0.5) is 10.3 Å². The number of rotatable bonds is 4. The van der Waals surface area contributed by atoms with Crippen LogP contribution in [-0.4, -0.2) is 51.5 Å². The predicted octanol–water partition coefficient (Wildman–Crippen LogP) is 2.28. The van der Waals surface area contributed by atoms with Crippen LogP contribution in [0.5, 0.6) is 0 Å². The summed E-state index contributed by atoms with van der Waals surface area (Å²) in [5.74, 6) is -0.00760. The van der Waals surface area contributed by atoms with Gasteiger partial charge in [0.2, 0.25) is 5.95 Å². The normalized spacial score (nSPS) is 20.0. The Morgan fingerprint density at radius 2 is 1.68 bits per heavy atom. The van der Waals surface area contributed by atoms with Crippen molar-refractivity contribution in [2.24, 2.45) is 5.41 Å². The first-order valence-corrected chi connectivity index (χ1v) is 12.5. The van der Waals surface area contributed by atoms with Gasteiger partial charge >= 0.3 is 0 Å². The smallest absolute Gasteiger partial charge is 0.219 e. The molecule has 0 saturated carbocycles. The zero-order valence-electron chi connectivity index (χ0n) is 16.4. The molecule has 10 heteroatoms. The van der Waals surface area contributed by atoms with Crippen molar-refractivity contribution in [3.63, 3.8) is 0 Å². The average Bonchev–Trinajstić information content (AvgIpc) is 2.70. The monoisotopic (exact) mass is 458 g/mol. The van der Waals surface area contributed by atoms with Crippen molar-refractivity contribution < 1.29 is 17.0 Å². The van der Waals surface area contributed by atoms with Crippen molar-refractivity contribution in [1.29, 1.82) is 0 Å². The molecule has 1 unspecified atom stereocenters. The molecule has 2 aromatic carbocycles. The van der Waals surface area contributed by atoms with E-state index in [-0.39, 0.29) is 22.9 Å². The fourth-order valence-corrected chi connectivity index (χ4v) is 8.06. The first-order chi connectivity index (χ1) is 14.8. The van der Waals surface area contributed by atoms with Gasteiger partial charge in [-0.05, 0) is 23.3 Å². The van der Waals surface area contributed by atoms with Crippen LogP contribution in [0.3, 0.4) is 0 Å².